The Morgan fingerprint density at radius 3 is 2.81 bits per heavy atom. The van der Waals surface area contributed by atoms with Crippen LogP contribution in [0.25, 0.3) is 11.3 Å². The monoisotopic (exact) mass is 438 g/mol. The number of aryl methyl sites for hydroxylation is 1. The fourth-order valence-corrected chi connectivity index (χ4v) is 3.91. The van der Waals surface area contributed by atoms with Gasteiger partial charge < -0.3 is 18.8 Å². The third-order valence-corrected chi connectivity index (χ3v) is 5.60. The molecule has 1 amide bonds. The Morgan fingerprint density at radius 2 is 2.03 bits per heavy atom. The van der Waals surface area contributed by atoms with Crippen molar-refractivity contribution in [1.82, 2.24) is 9.88 Å². The van der Waals surface area contributed by atoms with Crippen molar-refractivity contribution in [3.8, 4) is 17.1 Å². The summed E-state index contributed by atoms with van der Waals surface area (Å²) in [4.78, 5) is 19.2. The highest BCUT2D eigenvalue weighted by Gasteiger charge is 2.24. The Hall–Kier alpha value is -3.19. The van der Waals surface area contributed by atoms with Crippen molar-refractivity contribution < 1.29 is 23.1 Å². The van der Waals surface area contributed by atoms with Crippen LogP contribution in [0.2, 0.25) is 0 Å². The molecule has 1 aliphatic rings. The third kappa shape index (κ3) is 5.34. The molecule has 0 spiro atoms. The van der Waals surface area contributed by atoms with Crippen LogP contribution in [0.3, 0.4) is 0 Å². The summed E-state index contributed by atoms with van der Waals surface area (Å²) in [6.07, 6.45) is 4.07. The van der Waals surface area contributed by atoms with E-state index >= 15 is 0 Å². The summed E-state index contributed by atoms with van der Waals surface area (Å²) >= 11 is 0. The van der Waals surface area contributed by atoms with Crippen LogP contribution >= 0.6 is 0 Å². The van der Waals surface area contributed by atoms with E-state index in [0.717, 1.165) is 30.8 Å². The summed E-state index contributed by atoms with van der Waals surface area (Å²) in [7, 11) is 1.63. The smallest absolute Gasteiger partial charge is 0.223 e. The summed E-state index contributed by atoms with van der Waals surface area (Å²) in [5.74, 6) is 1.13. The molecule has 1 fully saturated rings. The molecule has 0 bridgehead atoms. The molecule has 1 atom stereocenters. The molecule has 0 radical (unpaired) electrons. The zero-order chi connectivity index (χ0) is 22.3. The normalized spacial score (nSPS) is 15.6. The molecule has 1 aromatic heterocycles. The van der Waals surface area contributed by atoms with Crippen LogP contribution in [-0.2, 0) is 22.5 Å². The van der Waals surface area contributed by atoms with Gasteiger partial charge in [0.1, 0.15) is 11.6 Å². The van der Waals surface area contributed by atoms with Crippen molar-refractivity contribution in [2.75, 3.05) is 20.3 Å². The molecule has 4 rings (SSSR count). The number of para-hydroxylation sites is 1. The lowest BCUT2D eigenvalue weighted by Crippen LogP contribution is -2.37. The number of carbonyl (C=O) groups excluding carboxylic acids is 1. The van der Waals surface area contributed by atoms with Gasteiger partial charge in [0.05, 0.1) is 25.0 Å². The summed E-state index contributed by atoms with van der Waals surface area (Å²) < 4.78 is 30.9. The van der Waals surface area contributed by atoms with Gasteiger partial charge >= 0.3 is 0 Å². The van der Waals surface area contributed by atoms with Gasteiger partial charge in [-0.15, -0.1) is 0 Å². The van der Waals surface area contributed by atoms with Crippen LogP contribution in [0.4, 0.5) is 4.39 Å². The number of benzene rings is 2. The highest BCUT2D eigenvalue weighted by Crippen LogP contribution is 2.25. The Morgan fingerprint density at radius 1 is 1.22 bits per heavy atom. The third-order valence-electron chi connectivity index (χ3n) is 5.60. The average Bonchev–Trinajstić information content (AvgIpc) is 3.50. The molecule has 1 aliphatic heterocycles. The van der Waals surface area contributed by atoms with E-state index in [1.165, 1.54) is 12.3 Å². The van der Waals surface area contributed by atoms with Crippen molar-refractivity contribution in [2.45, 2.75) is 38.3 Å². The van der Waals surface area contributed by atoms with Crippen molar-refractivity contribution in [3.63, 3.8) is 0 Å². The molecule has 1 unspecified atom stereocenters. The van der Waals surface area contributed by atoms with E-state index in [0.29, 0.717) is 36.7 Å². The molecule has 3 aromatic rings. The minimum absolute atomic E-state index is 0.0166. The van der Waals surface area contributed by atoms with Crippen LogP contribution in [0.5, 0.6) is 5.75 Å². The lowest BCUT2D eigenvalue weighted by atomic mass is 10.1. The minimum Gasteiger partial charge on any atom is -0.496 e. The molecule has 168 valence electrons. The van der Waals surface area contributed by atoms with Crippen LogP contribution in [0.15, 0.2) is 59.1 Å². The van der Waals surface area contributed by atoms with Crippen LogP contribution < -0.4 is 4.74 Å². The van der Waals surface area contributed by atoms with Gasteiger partial charge in [-0.2, -0.15) is 0 Å². The second kappa shape index (κ2) is 10.4. The Kier molecular flexibility index (Phi) is 7.17. The summed E-state index contributed by atoms with van der Waals surface area (Å²) in [5, 5.41) is 0. The number of oxazole rings is 1. The summed E-state index contributed by atoms with van der Waals surface area (Å²) in [6, 6.07) is 14.1. The van der Waals surface area contributed by atoms with E-state index in [9.17, 15) is 9.18 Å². The highest BCUT2D eigenvalue weighted by molar-refractivity contribution is 5.76. The first-order valence-corrected chi connectivity index (χ1v) is 10.8. The van der Waals surface area contributed by atoms with Crippen molar-refractivity contribution in [1.29, 1.82) is 0 Å². The summed E-state index contributed by atoms with van der Waals surface area (Å²) in [5.41, 5.74) is 1.30. The number of aromatic nitrogens is 1. The largest absolute Gasteiger partial charge is 0.496 e. The van der Waals surface area contributed by atoms with Crippen molar-refractivity contribution in [3.05, 3.63) is 72.0 Å². The molecule has 0 saturated carbocycles. The van der Waals surface area contributed by atoms with Gasteiger partial charge in [0, 0.05) is 38.1 Å². The molecule has 1 saturated heterocycles. The molecule has 32 heavy (non-hydrogen) atoms. The zero-order valence-electron chi connectivity index (χ0n) is 18.1. The highest BCUT2D eigenvalue weighted by atomic mass is 19.1. The topological polar surface area (TPSA) is 64.8 Å². The maximum Gasteiger partial charge on any atom is 0.223 e. The standard InChI is InChI=1S/C25H27FN2O4/c1-30-22-11-5-2-7-18(22)16-28(17-19-8-6-14-31-19)25(29)13-12-24-27-15-23(32-24)20-9-3-4-10-21(20)26/h2-5,7,9-11,15,19H,6,8,12-14,16-17H2,1H3. The second-order valence-electron chi connectivity index (χ2n) is 7.82. The predicted molar refractivity (Wildman–Crippen MR) is 118 cm³/mol. The lowest BCUT2D eigenvalue weighted by molar-refractivity contribution is -0.133. The average molecular weight is 438 g/mol. The Bertz CT molecular complexity index is 1050. The Balaban J connectivity index is 1.43. The first kappa shape index (κ1) is 22.0. The molecule has 7 heteroatoms. The first-order valence-electron chi connectivity index (χ1n) is 10.8. The molecular formula is C25H27FN2O4. The molecule has 0 N–H and O–H groups in total. The molecule has 6 nitrogen and oxygen atoms in total. The number of hydrogen-bond acceptors (Lipinski definition) is 5. The van der Waals surface area contributed by atoms with E-state index in [1.54, 1.807) is 25.3 Å². The van der Waals surface area contributed by atoms with E-state index in [1.807, 2.05) is 29.2 Å². The SMILES string of the molecule is COc1ccccc1CN(CC1CCCO1)C(=O)CCc1ncc(-c2ccccc2F)o1. The zero-order valence-corrected chi connectivity index (χ0v) is 18.1. The van der Waals surface area contributed by atoms with Crippen LogP contribution in [-0.4, -0.2) is 42.2 Å². The van der Waals surface area contributed by atoms with E-state index < -0.39 is 0 Å². The fraction of sp³-hybridized carbons (Fsp3) is 0.360. The number of halogens is 1. The number of amides is 1. The molecule has 2 heterocycles. The van der Waals surface area contributed by atoms with Crippen LogP contribution in [0, 0.1) is 5.82 Å². The number of carbonyl (C=O) groups is 1. The number of rotatable bonds is 9. The van der Waals surface area contributed by atoms with Gasteiger partial charge in [-0.25, -0.2) is 9.37 Å². The molecule has 0 aliphatic carbocycles. The number of methoxy groups -OCH3 is 1. The van der Waals surface area contributed by atoms with Crippen molar-refractivity contribution >= 4 is 5.91 Å². The predicted octanol–water partition coefficient (Wildman–Crippen LogP) is 4.63. The van der Waals surface area contributed by atoms with Gasteiger partial charge in [0.25, 0.3) is 0 Å². The maximum atomic E-state index is 14.0. The second-order valence-corrected chi connectivity index (χ2v) is 7.82. The Labute approximate surface area is 187 Å². The van der Waals surface area contributed by atoms with Gasteiger partial charge in [0.2, 0.25) is 5.91 Å². The van der Waals surface area contributed by atoms with Crippen LogP contribution in [0.1, 0.15) is 30.7 Å². The summed E-state index contributed by atoms with van der Waals surface area (Å²) in [6.45, 7) is 1.70. The lowest BCUT2D eigenvalue weighted by Gasteiger charge is -2.26. The quantitative estimate of drug-likeness (QED) is 0.487. The van der Waals surface area contributed by atoms with Crippen molar-refractivity contribution in [2.24, 2.45) is 0 Å². The maximum absolute atomic E-state index is 14.0. The molecular weight excluding hydrogens is 411 g/mol. The fourth-order valence-electron chi connectivity index (χ4n) is 3.91. The minimum atomic E-state index is -0.370. The van der Waals surface area contributed by atoms with Gasteiger partial charge in [0.15, 0.2) is 11.7 Å². The molecule has 2 aromatic carbocycles. The first-order chi connectivity index (χ1) is 15.6. The number of ether oxygens (including phenoxy) is 2. The van der Waals surface area contributed by atoms with E-state index in [2.05, 4.69) is 4.98 Å². The van der Waals surface area contributed by atoms with Gasteiger partial charge in [-0.05, 0) is 31.0 Å². The van der Waals surface area contributed by atoms with Gasteiger partial charge in [-0.3, -0.25) is 4.79 Å². The van der Waals surface area contributed by atoms with E-state index in [4.69, 9.17) is 13.9 Å². The van der Waals surface area contributed by atoms with E-state index in [-0.39, 0.29) is 24.2 Å². The number of nitrogens with zero attached hydrogens (tertiary/aromatic N) is 2. The van der Waals surface area contributed by atoms with Gasteiger partial charge in [-0.1, -0.05) is 30.3 Å². The number of hydrogen-bond donors (Lipinski definition) is 0.